The Morgan fingerprint density at radius 2 is 2.05 bits per heavy atom. The van der Waals surface area contributed by atoms with Crippen LogP contribution in [-0.2, 0) is 6.54 Å². The molecule has 0 spiro atoms. The molecule has 7 heteroatoms. The molecule has 1 amide bonds. The molecule has 6 nitrogen and oxygen atoms in total. The molecule has 2 aromatic heterocycles. The number of halogens is 1. The van der Waals surface area contributed by atoms with Crippen LogP contribution in [0.1, 0.15) is 16.1 Å². The number of nitrogens with one attached hydrogen (secondary N) is 1. The Hall–Kier alpha value is -2.60. The molecule has 22 heavy (non-hydrogen) atoms. The molecule has 2 heterocycles. The second-order valence-electron chi connectivity index (χ2n) is 4.62. The lowest BCUT2D eigenvalue weighted by Gasteiger charge is -2.04. The molecule has 112 valence electrons. The van der Waals surface area contributed by atoms with Crippen molar-refractivity contribution in [1.29, 1.82) is 0 Å². The summed E-state index contributed by atoms with van der Waals surface area (Å²) in [4.78, 5) is 16.3. The standard InChI is InChI=1S/C15H13ClN4O2/c1-22-11-4-2-10(3-5-11)8-17-15(21)12-9-20-14(18-12)7-6-13(16)19-20/h2-7,9H,8H2,1H3,(H,17,21). The number of fused-ring (bicyclic) bond motifs is 1. The van der Waals surface area contributed by atoms with Crippen molar-refractivity contribution in [2.24, 2.45) is 0 Å². The molecule has 0 fully saturated rings. The number of benzene rings is 1. The lowest BCUT2D eigenvalue weighted by atomic mass is 10.2. The zero-order valence-electron chi connectivity index (χ0n) is 11.8. The molecular formula is C15H13ClN4O2. The van der Waals surface area contributed by atoms with Crippen LogP contribution in [-0.4, -0.2) is 27.6 Å². The third-order valence-corrected chi connectivity index (χ3v) is 3.33. The Labute approximate surface area is 131 Å². The molecule has 1 aromatic carbocycles. The topological polar surface area (TPSA) is 68.5 Å². The third-order valence-electron chi connectivity index (χ3n) is 3.13. The van der Waals surface area contributed by atoms with Gasteiger partial charge in [-0.3, -0.25) is 4.79 Å². The van der Waals surface area contributed by atoms with Crippen molar-refractivity contribution < 1.29 is 9.53 Å². The van der Waals surface area contributed by atoms with Crippen molar-refractivity contribution in [2.75, 3.05) is 7.11 Å². The molecule has 0 aliphatic carbocycles. The smallest absolute Gasteiger partial charge is 0.271 e. The number of carbonyl (C=O) groups is 1. The van der Waals surface area contributed by atoms with Gasteiger partial charge in [0.1, 0.15) is 16.6 Å². The summed E-state index contributed by atoms with van der Waals surface area (Å²) in [6.07, 6.45) is 1.55. The zero-order chi connectivity index (χ0) is 15.5. The van der Waals surface area contributed by atoms with E-state index in [0.29, 0.717) is 23.0 Å². The molecule has 0 unspecified atom stereocenters. The summed E-state index contributed by atoms with van der Waals surface area (Å²) in [7, 11) is 1.61. The van der Waals surface area contributed by atoms with Gasteiger partial charge < -0.3 is 10.1 Å². The maximum atomic E-state index is 12.1. The Morgan fingerprint density at radius 3 is 2.77 bits per heavy atom. The average Bonchev–Trinajstić information content (AvgIpc) is 2.96. The number of nitrogens with zero attached hydrogens (tertiary/aromatic N) is 3. The highest BCUT2D eigenvalue weighted by Crippen LogP contribution is 2.11. The number of imidazole rings is 1. The third kappa shape index (κ3) is 3.01. The van der Waals surface area contributed by atoms with Crippen LogP contribution in [0.4, 0.5) is 0 Å². The maximum Gasteiger partial charge on any atom is 0.271 e. The van der Waals surface area contributed by atoms with Gasteiger partial charge in [0.25, 0.3) is 5.91 Å². The number of rotatable bonds is 4. The number of hydrogen-bond acceptors (Lipinski definition) is 4. The summed E-state index contributed by atoms with van der Waals surface area (Å²) >= 11 is 5.80. The van der Waals surface area contributed by atoms with Crippen molar-refractivity contribution in [2.45, 2.75) is 6.54 Å². The first-order chi connectivity index (χ1) is 10.7. The van der Waals surface area contributed by atoms with Crippen LogP contribution in [0.25, 0.3) is 5.65 Å². The quantitative estimate of drug-likeness (QED) is 0.802. The molecule has 0 aliphatic heterocycles. The van der Waals surface area contributed by atoms with Crippen molar-refractivity contribution >= 4 is 23.2 Å². The fourth-order valence-corrected chi connectivity index (χ4v) is 2.13. The van der Waals surface area contributed by atoms with Crippen LogP contribution in [0.15, 0.2) is 42.6 Å². The van der Waals surface area contributed by atoms with E-state index in [1.165, 1.54) is 4.52 Å². The van der Waals surface area contributed by atoms with Crippen LogP contribution in [0.5, 0.6) is 5.75 Å². The monoisotopic (exact) mass is 316 g/mol. The number of carbonyl (C=O) groups excluding carboxylic acids is 1. The van der Waals surface area contributed by atoms with Crippen LogP contribution in [0, 0.1) is 0 Å². The highest BCUT2D eigenvalue weighted by atomic mass is 35.5. The van der Waals surface area contributed by atoms with Crippen molar-refractivity contribution in [1.82, 2.24) is 19.9 Å². The van der Waals surface area contributed by atoms with Gasteiger partial charge in [0.05, 0.1) is 13.3 Å². The highest BCUT2D eigenvalue weighted by molar-refractivity contribution is 6.29. The first-order valence-corrected chi connectivity index (χ1v) is 6.96. The Morgan fingerprint density at radius 1 is 1.27 bits per heavy atom. The zero-order valence-corrected chi connectivity index (χ0v) is 12.5. The van der Waals surface area contributed by atoms with Crippen molar-refractivity contribution in [3.05, 3.63) is 59.0 Å². The second-order valence-corrected chi connectivity index (χ2v) is 5.00. The predicted octanol–water partition coefficient (Wildman–Crippen LogP) is 2.32. The number of ether oxygens (including phenoxy) is 1. The molecule has 1 N–H and O–H groups in total. The molecule has 0 saturated heterocycles. The van der Waals surface area contributed by atoms with Gasteiger partial charge in [-0.25, -0.2) is 9.50 Å². The van der Waals surface area contributed by atoms with Crippen molar-refractivity contribution in [3.8, 4) is 5.75 Å². The van der Waals surface area contributed by atoms with Gasteiger partial charge in [-0.15, -0.1) is 0 Å². The van der Waals surface area contributed by atoms with E-state index in [1.807, 2.05) is 24.3 Å². The molecule has 0 atom stereocenters. The van der Waals surface area contributed by atoms with Gasteiger partial charge in [0.15, 0.2) is 5.65 Å². The summed E-state index contributed by atoms with van der Waals surface area (Å²) in [6.45, 7) is 0.408. The largest absolute Gasteiger partial charge is 0.497 e. The van der Waals surface area contributed by atoms with Gasteiger partial charge in [0, 0.05) is 6.54 Å². The Bertz CT molecular complexity index is 814. The number of methoxy groups -OCH3 is 1. The molecule has 0 aliphatic rings. The lowest BCUT2D eigenvalue weighted by Crippen LogP contribution is -2.23. The van der Waals surface area contributed by atoms with Crippen molar-refractivity contribution in [3.63, 3.8) is 0 Å². The Balaban J connectivity index is 1.69. The minimum absolute atomic E-state index is 0.266. The highest BCUT2D eigenvalue weighted by Gasteiger charge is 2.11. The summed E-state index contributed by atoms with van der Waals surface area (Å²) in [5, 5.41) is 7.20. The molecule has 3 rings (SSSR count). The Kier molecular flexibility index (Phi) is 3.93. The summed E-state index contributed by atoms with van der Waals surface area (Å²) in [5.74, 6) is 0.510. The summed E-state index contributed by atoms with van der Waals surface area (Å²) < 4.78 is 6.57. The van der Waals surface area contributed by atoms with E-state index in [0.717, 1.165) is 11.3 Å². The van der Waals surface area contributed by atoms with E-state index in [1.54, 1.807) is 25.4 Å². The first kappa shape index (κ1) is 14.3. The molecule has 0 saturated carbocycles. The van der Waals surface area contributed by atoms with E-state index >= 15 is 0 Å². The van der Waals surface area contributed by atoms with Gasteiger partial charge in [-0.05, 0) is 29.8 Å². The predicted molar refractivity (Wildman–Crippen MR) is 82.2 cm³/mol. The molecule has 0 bridgehead atoms. The van der Waals surface area contributed by atoms with E-state index in [4.69, 9.17) is 16.3 Å². The summed E-state index contributed by atoms with van der Waals surface area (Å²) in [5.41, 5.74) is 1.83. The fourth-order valence-electron chi connectivity index (χ4n) is 1.98. The SMILES string of the molecule is COc1ccc(CNC(=O)c2cn3nc(Cl)ccc3n2)cc1. The van der Waals surface area contributed by atoms with Crippen LogP contribution >= 0.6 is 11.6 Å². The average molecular weight is 317 g/mol. The van der Waals surface area contributed by atoms with E-state index in [9.17, 15) is 4.79 Å². The number of amides is 1. The second kappa shape index (κ2) is 6.03. The minimum atomic E-state index is -0.266. The van der Waals surface area contributed by atoms with Gasteiger partial charge >= 0.3 is 0 Å². The van der Waals surface area contributed by atoms with Crippen LogP contribution in [0.2, 0.25) is 5.15 Å². The van der Waals surface area contributed by atoms with Gasteiger partial charge in [0.2, 0.25) is 0 Å². The van der Waals surface area contributed by atoms with E-state index in [2.05, 4.69) is 15.4 Å². The van der Waals surface area contributed by atoms with Gasteiger partial charge in [-0.1, -0.05) is 23.7 Å². The van der Waals surface area contributed by atoms with E-state index in [-0.39, 0.29) is 5.91 Å². The van der Waals surface area contributed by atoms with Crippen LogP contribution in [0.3, 0.4) is 0 Å². The normalized spacial score (nSPS) is 10.6. The number of aromatic nitrogens is 3. The fraction of sp³-hybridized carbons (Fsp3) is 0.133. The van der Waals surface area contributed by atoms with Crippen LogP contribution < -0.4 is 10.1 Å². The minimum Gasteiger partial charge on any atom is -0.497 e. The first-order valence-electron chi connectivity index (χ1n) is 6.59. The van der Waals surface area contributed by atoms with Gasteiger partial charge in [-0.2, -0.15) is 5.10 Å². The van der Waals surface area contributed by atoms with E-state index < -0.39 is 0 Å². The summed E-state index contributed by atoms with van der Waals surface area (Å²) in [6, 6.07) is 10.8. The number of hydrogen-bond donors (Lipinski definition) is 1. The lowest BCUT2D eigenvalue weighted by molar-refractivity contribution is 0.0946. The molecule has 0 radical (unpaired) electrons. The molecule has 3 aromatic rings. The maximum absolute atomic E-state index is 12.1. The molecular weight excluding hydrogens is 304 g/mol.